The molecule has 1 heterocycles. The van der Waals surface area contributed by atoms with E-state index < -0.39 is 17.5 Å². The van der Waals surface area contributed by atoms with Crippen LogP contribution in [0, 0.1) is 34.8 Å². The van der Waals surface area contributed by atoms with Gasteiger partial charge in [0.2, 0.25) is 5.91 Å². The first-order chi connectivity index (χ1) is 13.4. The first kappa shape index (κ1) is 18.1. The van der Waals surface area contributed by atoms with E-state index in [0.717, 1.165) is 49.1 Å². The summed E-state index contributed by atoms with van der Waals surface area (Å²) in [7, 11) is 0. The Kier molecular flexibility index (Phi) is 4.21. The SMILES string of the molecule is O=C(c1ccc(F)cc1F)N1CCN(C(=O)C23CC4CC(CC(C4)C2)C3)CC1. The van der Waals surface area contributed by atoms with E-state index in [0.29, 0.717) is 26.2 Å². The summed E-state index contributed by atoms with van der Waals surface area (Å²) in [5.41, 5.74) is -0.272. The zero-order chi connectivity index (χ0) is 19.5. The van der Waals surface area contributed by atoms with Gasteiger partial charge < -0.3 is 9.80 Å². The van der Waals surface area contributed by atoms with Gasteiger partial charge >= 0.3 is 0 Å². The summed E-state index contributed by atoms with van der Waals surface area (Å²) in [5.74, 6) is 0.488. The van der Waals surface area contributed by atoms with E-state index in [1.54, 1.807) is 4.90 Å². The molecule has 150 valence electrons. The number of rotatable bonds is 2. The van der Waals surface area contributed by atoms with E-state index in [1.807, 2.05) is 4.90 Å². The third-order valence-electron chi connectivity index (χ3n) is 7.51. The van der Waals surface area contributed by atoms with Gasteiger partial charge in [0, 0.05) is 32.2 Å². The van der Waals surface area contributed by atoms with Gasteiger partial charge in [0.05, 0.1) is 11.0 Å². The summed E-state index contributed by atoms with van der Waals surface area (Å²) in [4.78, 5) is 29.5. The van der Waals surface area contributed by atoms with Crippen molar-refractivity contribution in [1.82, 2.24) is 9.80 Å². The summed E-state index contributed by atoms with van der Waals surface area (Å²) in [6, 6.07) is 3.03. The van der Waals surface area contributed by atoms with E-state index in [1.165, 1.54) is 25.3 Å². The van der Waals surface area contributed by atoms with Crippen LogP contribution in [0.25, 0.3) is 0 Å². The smallest absolute Gasteiger partial charge is 0.256 e. The molecule has 4 aliphatic carbocycles. The minimum atomic E-state index is -0.836. The second-order valence-corrected chi connectivity index (χ2v) is 9.41. The lowest BCUT2D eigenvalue weighted by Crippen LogP contribution is -2.58. The summed E-state index contributed by atoms with van der Waals surface area (Å²) >= 11 is 0. The maximum atomic E-state index is 13.9. The molecule has 4 nitrogen and oxygen atoms in total. The maximum absolute atomic E-state index is 13.9. The van der Waals surface area contributed by atoms with Gasteiger partial charge in [-0.25, -0.2) is 8.78 Å². The van der Waals surface area contributed by atoms with E-state index in [2.05, 4.69) is 0 Å². The van der Waals surface area contributed by atoms with Crippen LogP contribution in [0.2, 0.25) is 0 Å². The quantitative estimate of drug-likeness (QED) is 0.779. The summed E-state index contributed by atoms with van der Waals surface area (Å²) in [5, 5.41) is 0. The Hall–Kier alpha value is -1.98. The molecule has 0 atom stereocenters. The van der Waals surface area contributed by atoms with E-state index >= 15 is 0 Å². The molecule has 0 radical (unpaired) electrons. The molecule has 28 heavy (non-hydrogen) atoms. The molecule has 4 saturated carbocycles. The van der Waals surface area contributed by atoms with Crippen LogP contribution >= 0.6 is 0 Å². The van der Waals surface area contributed by atoms with Crippen molar-refractivity contribution in [3.8, 4) is 0 Å². The Balaban J connectivity index is 1.25. The minimum Gasteiger partial charge on any atom is -0.339 e. The van der Waals surface area contributed by atoms with Gasteiger partial charge in [-0.05, 0) is 68.4 Å². The lowest BCUT2D eigenvalue weighted by atomic mass is 9.49. The van der Waals surface area contributed by atoms with Crippen molar-refractivity contribution >= 4 is 11.8 Å². The summed E-state index contributed by atoms with van der Waals surface area (Å²) < 4.78 is 27.0. The number of benzene rings is 1. The number of carbonyl (C=O) groups is 2. The van der Waals surface area contributed by atoms with Gasteiger partial charge in [0.25, 0.3) is 5.91 Å². The third kappa shape index (κ3) is 2.92. The topological polar surface area (TPSA) is 40.6 Å². The molecule has 5 fully saturated rings. The second-order valence-electron chi connectivity index (χ2n) is 9.41. The fourth-order valence-corrected chi connectivity index (χ4v) is 6.65. The van der Waals surface area contributed by atoms with Gasteiger partial charge in [-0.15, -0.1) is 0 Å². The Bertz CT molecular complexity index is 781. The molecule has 0 unspecified atom stereocenters. The van der Waals surface area contributed by atoms with Gasteiger partial charge in [-0.2, -0.15) is 0 Å². The van der Waals surface area contributed by atoms with Crippen LogP contribution in [0.5, 0.6) is 0 Å². The molecule has 6 heteroatoms. The van der Waals surface area contributed by atoms with Crippen molar-refractivity contribution in [2.24, 2.45) is 23.2 Å². The van der Waals surface area contributed by atoms with Crippen molar-refractivity contribution in [1.29, 1.82) is 0 Å². The van der Waals surface area contributed by atoms with Crippen molar-refractivity contribution in [3.05, 3.63) is 35.4 Å². The van der Waals surface area contributed by atoms with Gasteiger partial charge in [-0.3, -0.25) is 9.59 Å². The standard InChI is InChI=1S/C22H26F2N2O2/c23-17-1-2-18(19(24)10-17)20(27)25-3-5-26(6-4-25)21(28)22-11-14-7-15(12-22)9-16(8-14)13-22/h1-2,10,14-16H,3-9,11-13H2. The molecule has 1 aromatic carbocycles. The summed E-state index contributed by atoms with van der Waals surface area (Å²) in [6.07, 6.45) is 7.03. The van der Waals surface area contributed by atoms with Crippen LogP contribution in [0.4, 0.5) is 8.78 Å². The van der Waals surface area contributed by atoms with Crippen molar-refractivity contribution in [2.45, 2.75) is 38.5 Å². The normalized spacial score (nSPS) is 34.0. The van der Waals surface area contributed by atoms with Crippen LogP contribution in [0.3, 0.4) is 0 Å². The lowest BCUT2D eigenvalue weighted by molar-refractivity contribution is -0.159. The molecule has 5 aliphatic rings. The molecular weight excluding hydrogens is 362 g/mol. The highest BCUT2D eigenvalue weighted by Gasteiger charge is 2.55. The van der Waals surface area contributed by atoms with Crippen LogP contribution < -0.4 is 0 Å². The minimum absolute atomic E-state index is 0.109. The Morgan fingerprint density at radius 2 is 1.39 bits per heavy atom. The largest absolute Gasteiger partial charge is 0.339 e. The van der Waals surface area contributed by atoms with Crippen LogP contribution in [0.1, 0.15) is 48.9 Å². The first-order valence-corrected chi connectivity index (χ1v) is 10.5. The van der Waals surface area contributed by atoms with Crippen molar-refractivity contribution < 1.29 is 18.4 Å². The molecule has 4 bridgehead atoms. The zero-order valence-corrected chi connectivity index (χ0v) is 16.0. The molecule has 2 amide bonds. The van der Waals surface area contributed by atoms with E-state index in [4.69, 9.17) is 0 Å². The van der Waals surface area contributed by atoms with E-state index in [9.17, 15) is 18.4 Å². The lowest BCUT2D eigenvalue weighted by Gasteiger charge is -2.57. The number of nitrogens with zero attached hydrogens (tertiary/aromatic N) is 2. The Morgan fingerprint density at radius 1 is 0.857 bits per heavy atom. The van der Waals surface area contributed by atoms with Gasteiger partial charge in [-0.1, -0.05) is 0 Å². The van der Waals surface area contributed by atoms with Crippen LogP contribution in [0.15, 0.2) is 18.2 Å². The van der Waals surface area contributed by atoms with Crippen molar-refractivity contribution in [2.75, 3.05) is 26.2 Å². The first-order valence-electron chi connectivity index (χ1n) is 10.5. The molecule has 6 rings (SSSR count). The average molecular weight is 388 g/mol. The number of carbonyl (C=O) groups excluding carboxylic acids is 2. The molecule has 0 aromatic heterocycles. The number of halogens is 2. The second kappa shape index (κ2) is 6.53. The van der Waals surface area contributed by atoms with Crippen LogP contribution in [-0.4, -0.2) is 47.8 Å². The predicted octanol–water partition coefficient (Wildman–Crippen LogP) is 3.47. The fraction of sp³-hybridized carbons (Fsp3) is 0.636. The third-order valence-corrected chi connectivity index (χ3v) is 7.51. The van der Waals surface area contributed by atoms with E-state index in [-0.39, 0.29) is 16.9 Å². The zero-order valence-electron chi connectivity index (χ0n) is 16.0. The highest BCUT2D eigenvalue weighted by Crippen LogP contribution is 2.60. The predicted molar refractivity (Wildman–Crippen MR) is 99.4 cm³/mol. The number of amides is 2. The molecular formula is C22H26F2N2O2. The highest BCUT2D eigenvalue weighted by molar-refractivity contribution is 5.94. The Morgan fingerprint density at radius 3 is 1.93 bits per heavy atom. The van der Waals surface area contributed by atoms with Crippen molar-refractivity contribution in [3.63, 3.8) is 0 Å². The molecule has 0 spiro atoms. The van der Waals surface area contributed by atoms with Gasteiger partial charge in [0.15, 0.2) is 0 Å². The fourth-order valence-electron chi connectivity index (χ4n) is 6.65. The maximum Gasteiger partial charge on any atom is 0.256 e. The van der Waals surface area contributed by atoms with Crippen LogP contribution in [-0.2, 0) is 4.79 Å². The molecule has 1 aliphatic heterocycles. The monoisotopic (exact) mass is 388 g/mol. The average Bonchev–Trinajstić information content (AvgIpc) is 2.66. The number of hydrogen-bond donors (Lipinski definition) is 0. The molecule has 0 N–H and O–H groups in total. The number of piperazine rings is 1. The summed E-state index contributed by atoms with van der Waals surface area (Å²) in [6.45, 7) is 1.78. The Labute approximate surface area is 163 Å². The van der Waals surface area contributed by atoms with Gasteiger partial charge in [0.1, 0.15) is 11.6 Å². The highest BCUT2D eigenvalue weighted by atomic mass is 19.1. The molecule has 1 saturated heterocycles. The molecule has 1 aromatic rings. The number of hydrogen-bond acceptors (Lipinski definition) is 2.